The molecule has 0 saturated heterocycles. The van der Waals surface area contributed by atoms with E-state index in [4.69, 9.17) is 16.1 Å². The Morgan fingerprint density at radius 2 is 1.90 bits per heavy atom. The normalized spacial score (nSPS) is 12.0. The molecule has 3 aromatic rings. The van der Waals surface area contributed by atoms with Gasteiger partial charge in [0.1, 0.15) is 0 Å². The molecule has 0 aliphatic carbocycles. The second-order valence-electron chi connectivity index (χ2n) is 7.27. The number of nitrogens with one attached hydrogen (secondary N) is 1. The van der Waals surface area contributed by atoms with Crippen LogP contribution in [0.5, 0.6) is 0 Å². The van der Waals surface area contributed by atoms with Gasteiger partial charge in [-0.2, -0.15) is 0 Å². The maximum atomic E-state index is 13.2. The Hall–Kier alpha value is -1.80. The van der Waals surface area contributed by atoms with Crippen molar-refractivity contribution in [1.82, 2.24) is 5.16 Å². The van der Waals surface area contributed by atoms with Gasteiger partial charge in [-0.15, -0.1) is 0 Å². The number of anilines is 2. The first-order valence-electron chi connectivity index (χ1n) is 9.20. The van der Waals surface area contributed by atoms with Crippen molar-refractivity contribution in [2.75, 3.05) is 23.7 Å². The molecule has 0 aliphatic heterocycles. The Bertz CT molecular complexity index is 1270. The van der Waals surface area contributed by atoms with E-state index in [1.807, 2.05) is 39.8 Å². The summed E-state index contributed by atoms with van der Waals surface area (Å²) in [5, 5.41) is 5.32. The van der Waals surface area contributed by atoms with Crippen LogP contribution in [0.3, 0.4) is 0 Å². The van der Waals surface area contributed by atoms with E-state index < -0.39 is 25.8 Å². The molecule has 7 nitrogen and oxygen atoms in total. The van der Waals surface area contributed by atoms with Crippen LogP contribution in [-0.4, -0.2) is 48.0 Å². The van der Waals surface area contributed by atoms with Gasteiger partial charge in [0.25, 0.3) is 0 Å². The molecule has 0 saturated carbocycles. The Labute approximate surface area is 197 Å². The van der Waals surface area contributed by atoms with Crippen LogP contribution < -0.4 is 14.0 Å². The topological polar surface area (TPSA) is 92.5 Å². The molecular formula is C20H22AsClN3O4S2. The molecule has 0 spiro atoms. The molecule has 1 N–H and O–H groups in total. The second kappa shape index (κ2) is 8.98. The number of hydrogen-bond acceptors (Lipinski definition) is 7. The molecule has 3 rings (SSSR count). The molecule has 11 heteroatoms. The molecule has 0 atom stereocenters. The average molecular weight is 543 g/mol. The summed E-state index contributed by atoms with van der Waals surface area (Å²) < 4.78 is 33.9. The first-order chi connectivity index (χ1) is 14.4. The van der Waals surface area contributed by atoms with E-state index >= 15 is 0 Å². The van der Waals surface area contributed by atoms with Crippen molar-refractivity contribution in [3.05, 3.63) is 49.8 Å². The Morgan fingerprint density at radius 3 is 2.48 bits per heavy atom. The predicted molar refractivity (Wildman–Crippen MR) is 126 cm³/mol. The third kappa shape index (κ3) is 4.70. The van der Waals surface area contributed by atoms with Crippen molar-refractivity contribution in [2.24, 2.45) is 0 Å². The first-order valence-corrected chi connectivity index (χ1v) is 13.8. The third-order valence-corrected chi connectivity index (χ3v) is 10.7. The van der Waals surface area contributed by atoms with Gasteiger partial charge in [0.2, 0.25) is 0 Å². The summed E-state index contributed by atoms with van der Waals surface area (Å²) in [6.45, 7) is 7.64. The molecule has 1 radical (unpaired) electrons. The summed E-state index contributed by atoms with van der Waals surface area (Å²) in [4.78, 5) is 15.4. The Morgan fingerprint density at radius 1 is 1.23 bits per heavy atom. The van der Waals surface area contributed by atoms with Gasteiger partial charge in [-0.3, -0.25) is 0 Å². The van der Waals surface area contributed by atoms with E-state index in [0.29, 0.717) is 5.69 Å². The van der Waals surface area contributed by atoms with Gasteiger partial charge in [-0.25, -0.2) is 0 Å². The van der Waals surface area contributed by atoms with Crippen LogP contribution in [-0.2, 0) is 10.0 Å². The summed E-state index contributed by atoms with van der Waals surface area (Å²) in [7, 11) is -0.126. The second-order valence-corrected chi connectivity index (χ2v) is 12.5. The van der Waals surface area contributed by atoms with Gasteiger partial charge in [0, 0.05) is 0 Å². The number of carbonyl (C=O) groups excluding carboxylic acids is 1. The van der Waals surface area contributed by atoms with Crippen molar-refractivity contribution in [3.8, 4) is 0 Å². The molecule has 0 unspecified atom stereocenters. The van der Waals surface area contributed by atoms with E-state index in [1.54, 1.807) is 12.3 Å². The number of benzene rings is 1. The first kappa shape index (κ1) is 23.9. The van der Waals surface area contributed by atoms with Gasteiger partial charge < -0.3 is 0 Å². The van der Waals surface area contributed by atoms with Crippen molar-refractivity contribution in [2.45, 2.75) is 32.6 Å². The summed E-state index contributed by atoms with van der Waals surface area (Å²) in [6, 6.07) is 3.49. The number of aryl methyl sites for hydroxylation is 3. The van der Waals surface area contributed by atoms with Crippen molar-refractivity contribution in [3.63, 3.8) is 0 Å². The minimum atomic E-state index is -4.07. The number of thiophene rings is 1. The van der Waals surface area contributed by atoms with Crippen LogP contribution in [0.15, 0.2) is 26.9 Å². The van der Waals surface area contributed by atoms with E-state index in [9.17, 15) is 13.2 Å². The molecule has 0 bridgehead atoms. The number of nitrogens with zero attached hydrogens (tertiary/aromatic N) is 2. The number of hydrogen-bond donors (Lipinski definition) is 1. The number of rotatable bonds is 7. The average Bonchev–Trinajstić information content (AvgIpc) is 3.28. The van der Waals surface area contributed by atoms with Gasteiger partial charge >= 0.3 is 198 Å². The molecule has 0 fully saturated rings. The summed E-state index contributed by atoms with van der Waals surface area (Å²) >= 11 is 6.20. The van der Waals surface area contributed by atoms with Crippen molar-refractivity contribution in [1.29, 1.82) is 0 Å². The molecule has 1 aromatic carbocycles. The molecule has 0 aliphatic rings. The minimum absolute atomic E-state index is 0.0835. The molecular weight excluding hydrogens is 521 g/mol. The van der Waals surface area contributed by atoms with Gasteiger partial charge in [-0.1, -0.05) is 0 Å². The van der Waals surface area contributed by atoms with E-state index in [-0.39, 0.29) is 25.3 Å². The van der Waals surface area contributed by atoms with Crippen LogP contribution in [0.25, 0.3) is 0 Å². The molecule has 0 amide bonds. The van der Waals surface area contributed by atoms with Crippen LogP contribution in [0.2, 0.25) is 5.02 Å². The van der Waals surface area contributed by atoms with Crippen molar-refractivity contribution >= 4 is 69.2 Å². The van der Waals surface area contributed by atoms with E-state index in [1.165, 1.54) is 6.07 Å². The predicted octanol–water partition coefficient (Wildman–Crippen LogP) is 3.66. The summed E-state index contributed by atoms with van der Waals surface area (Å²) in [6.07, 6.45) is 0. The zero-order chi connectivity index (χ0) is 23.1. The van der Waals surface area contributed by atoms with Crippen LogP contribution in [0, 0.1) is 27.7 Å². The van der Waals surface area contributed by atoms with Crippen molar-refractivity contribution < 1.29 is 17.7 Å². The quantitative estimate of drug-likeness (QED) is 0.458. The fourth-order valence-corrected chi connectivity index (χ4v) is 8.58. The van der Waals surface area contributed by atoms with Crippen LogP contribution in [0.4, 0.5) is 11.6 Å². The Kier molecular flexibility index (Phi) is 6.91. The molecule has 2 heterocycles. The maximum absolute atomic E-state index is 13.2. The number of aromatic nitrogens is 1. The summed E-state index contributed by atoms with van der Waals surface area (Å²) in [5.41, 5.74) is 4.68. The van der Waals surface area contributed by atoms with Crippen LogP contribution in [0.1, 0.15) is 32.1 Å². The van der Waals surface area contributed by atoms with Crippen LogP contribution >= 0.6 is 22.9 Å². The zero-order valence-electron chi connectivity index (χ0n) is 17.9. The standard InChI is InChI=1S/C20H22AsClN3O4S2/c1-10-9-11(2)17(25(5)6)12(3)15(10)21-19(26)18-14(7-8-30-18)31(27,28)24-20-16(22)13(4)23-29-20/h7-9,24H,1-6H3. The fourth-order valence-electron chi connectivity index (χ4n) is 3.44. The number of carbonyl (C=O) groups is 1. The molecule has 31 heavy (non-hydrogen) atoms. The Balaban J connectivity index is 1.95. The number of halogens is 1. The summed E-state index contributed by atoms with van der Waals surface area (Å²) in [5.74, 6) is -0.169. The van der Waals surface area contributed by atoms with Gasteiger partial charge in [0.05, 0.1) is 0 Å². The van der Waals surface area contributed by atoms with E-state index in [0.717, 1.165) is 38.1 Å². The van der Waals surface area contributed by atoms with E-state index in [2.05, 4.69) is 15.9 Å². The van der Waals surface area contributed by atoms with Gasteiger partial charge in [-0.05, 0) is 0 Å². The fraction of sp³-hybridized carbons (Fsp3) is 0.300. The SMILES string of the molecule is Cc1cc(C)c(N(C)C)c(C)c1[As]C(=O)c1sccc1S(=O)(=O)Nc1onc(C)c1Cl. The zero-order valence-corrected chi connectivity index (χ0v) is 22.2. The molecule has 165 valence electrons. The molecule has 2 aromatic heterocycles. The number of sulfonamides is 1. The monoisotopic (exact) mass is 542 g/mol. The third-order valence-electron chi connectivity index (χ3n) is 4.68. The van der Waals surface area contributed by atoms with Gasteiger partial charge in [0.15, 0.2) is 0 Å².